The van der Waals surface area contributed by atoms with Gasteiger partial charge < -0.3 is 10.2 Å². The van der Waals surface area contributed by atoms with Gasteiger partial charge in [-0.2, -0.15) is 0 Å². The van der Waals surface area contributed by atoms with Crippen LogP contribution in [0.25, 0.3) is 11.4 Å². The number of hydrogen-bond donors (Lipinski definition) is 1. The molecule has 2 aromatic heterocycles. The number of nitrogens with one attached hydrogen (secondary N) is 1. The molecule has 1 saturated heterocycles. The van der Waals surface area contributed by atoms with Crippen molar-refractivity contribution in [2.45, 2.75) is 25.9 Å². The molecule has 1 atom stereocenters. The van der Waals surface area contributed by atoms with Gasteiger partial charge in [-0.25, -0.2) is 9.97 Å². The van der Waals surface area contributed by atoms with Gasteiger partial charge in [0.2, 0.25) is 5.91 Å². The van der Waals surface area contributed by atoms with Crippen LogP contribution in [0.2, 0.25) is 0 Å². The first kappa shape index (κ1) is 17.1. The Labute approximate surface area is 158 Å². The van der Waals surface area contributed by atoms with E-state index >= 15 is 0 Å². The van der Waals surface area contributed by atoms with Crippen LogP contribution in [0.15, 0.2) is 60.9 Å². The third-order valence-electron chi connectivity index (χ3n) is 4.63. The summed E-state index contributed by atoms with van der Waals surface area (Å²) in [5.74, 6) is 1.42. The van der Waals surface area contributed by atoms with Gasteiger partial charge in [0.1, 0.15) is 11.9 Å². The summed E-state index contributed by atoms with van der Waals surface area (Å²) in [5, 5.41) is 3.30. The summed E-state index contributed by atoms with van der Waals surface area (Å²) in [6.07, 6.45) is 4.20. The first-order valence-electron chi connectivity index (χ1n) is 9.04. The van der Waals surface area contributed by atoms with Crippen LogP contribution in [0.5, 0.6) is 0 Å². The fraction of sp³-hybridized carbons (Fsp3) is 0.238. The smallest absolute Gasteiger partial charge is 0.245 e. The van der Waals surface area contributed by atoms with Crippen molar-refractivity contribution in [1.82, 2.24) is 19.9 Å². The van der Waals surface area contributed by atoms with Crippen molar-refractivity contribution >= 4 is 11.7 Å². The second kappa shape index (κ2) is 7.53. The predicted molar refractivity (Wildman–Crippen MR) is 104 cm³/mol. The molecule has 27 heavy (non-hydrogen) atoms. The van der Waals surface area contributed by atoms with E-state index in [0.717, 1.165) is 29.8 Å². The van der Waals surface area contributed by atoms with Crippen LogP contribution >= 0.6 is 0 Å². The molecule has 6 nitrogen and oxygen atoms in total. The van der Waals surface area contributed by atoms with Gasteiger partial charge in [-0.1, -0.05) is 30.3 Å². The van der Waals surface area contributed by atoms with E-state index in [-0.39, 0.29) is 11.9 Å². The van der Waals surface area contributed by atoms with Gasteiger partial charge in [0.25, 0.3) is 0 Å². The molecule has 0 aliphatic carbocycles. The molecule has 3 heterocycles. The van der Waals surface area contributed by atoms with Crippen LogP contribution in [0, 0.1) is 6.92 Å². The van der Waals surface area contributed by atoms with Crippen molar-refractivity contribution < 1.29 is 4.79 Å². The molecule has 0 spiro atoms. The highest BCUT2D eigenvalue weighted by Crippen LogP contribution is 2.21. The summed E-state index contributed by atoms with van der Waals surface area (Å²) < 4.78 is 0. The number of nitrogens with zero attached hydrogens (tertiary/aromatic N) is 4. The van der Waals surface area contributed by atoms with Gasteiger partial charge in [0.15, 0.2) is 5.82 Å². The molecule has 4 rings (SSSR count). The molecular formula is C21H21N5O. The Kier molecular flexibility index (Phi) is 4.78. The van der Waals surface area contributed by atoms with E-state index in [9.17, 15) is 4.79 Å². The molecular weight excluding hydrogens is 338 g/mol. The number of aromatic nitrogens is 3. The normalized spacial score (nSPS) is 16.6. The van der Waals surface area contributed by atoms with E-state index in [4.69, 9.17) is 0 Å². The van der Waals surface area contributed by atoms with Crippen LogP contribution in [-0.4, -0.2) is 38.3 Å². The number of likely N-dealkylation sites (tertiary alicyclic amines) is 1. The predicted octanol–water partition coefficient (Wildman–Crippen LogP) is 3.06. The zero-order valence-electron chi connectivity index (χ0n) is 15.2. The monoisotopic (exact) mass is 359 g/mol. The first-order valence-corrected chi connectivity index (χ1v) is 9.04. The Morgan fingerprint density at radius 1 is 1.11 bits per heavy atom. The molecule has 0 radical (unpaired) electrons. The lowest BCUT2D eigenvalue weighted by Gasteiger charge is -2.18. The van der Waals surface area contributed by atoms with Gasteiger partial charge >= 0.3 is 0 Å². The maximum atomic E-state index is 12.8. The van der Waals surface area contributed by atoms with Crippen molar-refractivity contribution in [2.75, 3.05) is 11.9 Å². The van der Waals surface area contributed by atoms with Gasteiger partial charge in [-0.3, -0.25) is 9.78 Å². The maximum Gasteiger partial charge on any atom is 0.245 e. The van der Waals surface area contributed by atoms with Gasteiger partial charge in [-0.15, -0.1) is 0 Å². The number of amides is 1. The van der Waals surface area contributed by atoms with E-state index in [2.05, 4.69) is 20.3 Å². The molecule has 136 valence electrons. The summed E-state index contributed by atoms with van der Waals surface area (Å²) in [4.78, 5) is 27.8. The molecule has 1 aromatic carbocycles. The maximum absolute atomic E-state index is 12.8. The first-order chi connectivity index (χ1) is 13.2. The summed E-state index contributed by atoms with van der Waals surface area (Å²) in [6.45, 7) is 3.31. The molecule has 1 aliphatic heterocycles. The second-order valence-electron chi connectivity index (χ2n) is 6.69. The van der Waals surface area contributed by atoms with Gasteiger partial charge in [-0.05, 0) is 31.0 Å². The second-order valence-corrected chi connectivity index (χ2v) is 6.69. The summed E-state index contributed by atoms with van der Waals surface area (Å²) in [5.41, 5.74) is 2.90. The molecule has 6 heteroatoms. The highest BCUT2D eigenvalue weighted by molar-refractivity contribution is 5.86. The van der Waals surface area contributed by atoms with Crippen molar-refractivity contribution in [2.24, 2.45) is 0 Å². The van der Waals surface area contributed by atoms with E-state index in [1.54, 1.807) is 12.4 Å². The zero-order valence-corrected chi connectivity index (χ0v) is 15.2. The average Bonchev–Trinajstić information content (AvgIpc) is 3.02. The number of rotatable bonds is 5. The number of benzene rings is 1. The molecule has 1 aliphatic rings. The quantitative estimate of drug-likeness (QED) is 0.758. The van der Waals surface area contributed by atoms with E-state index in [1.165, 1.54) is 0 Å². The van der Waals surface area contributed by atoms with Crippen molar-refractivity contribution in [1.29, 1.82) is 0 Å². The lowest BCUT2D eigenvalue weighted by molar-refractivity contribution is -0.128. The lowest BCUT2D eigenvalue weighted by Crippen LogP contribution is -2.33. The van der Waals surface area contributed by atoms with Crippen LogP contribution < -0.4 is 5.32 Å². The Balaban J connectivity index is 1.48. The van der Waals surface area contributed by atoms with Crippen molar-refractivity contribution in [3.8, 4) is 11.4 Å². The topological polar surface area (TPSA) is 71.0 Å². The number of pyridine rings is 1. The van der Waals surface area contributed by atoms with Gasteiger partial charge in [0, 0.05) is 42.8 Å². The largest absolute Gasteiger partial charge is 0.358 e. The summed E-state index contributed by atoms with van der Waals surface area (Å²) in [6, 6.07) is 15.4. The number of hydrogen-bond acceptors (Lipinski definition) is 5. The van der Waals surface area contributed by atoms with Crippen LogP contribution in [-0.2, 0) is 11.3 Å². The van der Waals surface area contributed by atoms with Crippen LogP contribution in [0.1, 0.15) is 17.7 Å². The van der Waals surface area contributed by atoms with Gasteiger partial charge in [0.05, 0.1) is 0 Å². The number of anilines is 1. The highest BCUT2D eigenvalue weighted by Gasteiger charge is 2.31. The summed E-state index contributed by atoms with van der Waals surface area (Å²) in [7, 11) is 0. The minimum absolute atomic E-state index is 0.112. The van der Waals surface area contributed by atoms with E-state index < -0.39 is 0 Å². The highest BCUT2D eigenvalue weighted by atomic mass is 16.2. The number of carbonyl (C=O) groups excluding carboxylic acids is 1. The van der Waals surface area contributed by atoms with Crippen molar-refractivity contribution in [3.05, 3.63) is 72.2 Å². The summed E-state index contributed by atoms with van der Waals surface area (Å²) >= 11 is 0. The van der Waals surface area contributed by atoms with E-state index in [0.29, 0.717) is 18.2 Å². The Morgan fingerprint density at radius 3 is 2.67 bits per heavy atom. The van der Waals surface area contributed by atoms with Crippen LogP contribution in [0.3, 0.4) is 0 Å². The minimum atomic E-state index is -0.256. The van der Waals surface area contributed by atoms with Crippen LogP contribution in [0.4, 0.5) is 5.82 Å². The fourth-order valence-corrected chi connectivity index (χ4v) is 3.28. The standard InChI is InChI=1S/C21H21N5O/c1-15-13-19(25-20(23-15)17-7-10-22-11-8-17)24-18-9-12-26(21(18)27)14-16-5-3-2-4-6-16/h2-8,10-11,13,18H,9,12,14H2,1H3,(H,23,24,25)/t18-/m1/s1. The molecule has 0 saturated carbocycles. The molecule has 0 unspecified atom stereocenters. The number of aryl methyl sites for hydroxylation is 1. The molecule has 1 fully saturated rings. The molecule has 1 amide bonds. The average molecular weight is 359 g/mol. The molecule has 3 aromatic rings. The molecule has 1 N–H and O–H groups in total. The third-order valence-corrected chi connectivity index (χ3v) is 4.63. The fourth-order valence-electron chi connectivity index (χ4n) is 3.28. The minimum Gasteiger partial charge on any atom is -0.358 e. The Bertz CT molecular complexity index is 930. The Morgan fingerprint density at radius 2 is 1.89 bits per heavy atom. The third kappa shape index (κ3) is 3.95. The SMILES string of the molecule is Cc1cc(N[C@@H]2CCN(Cc3ccccc3)C2=O)nc(-c2ccncc2)n1. The zero-order chi connectivity index (χ0) is 18.6. The molecule has 0 bridgehead atoms. The van der Waals surface area contributed by atoms with E-state index in [1.807, 2.05) is 60.4 Å². The van der Waals surface area contributed by atoms with Crippen molar-refractivity contribution in [3.63, 3.8) is 0 Å². The Hall–Kier alpha value is -3.28. The lowest BCUT2D eigenvalue weighted by atomic mass is 10.2. The number of carbonyl (C=O) groups is 1.